The standard InChI is InChI=1S/C27H21FN2O4/c1-15-12-18(34-2)10-11-19(15)25(31)23-24(21-14-29-22-9-4-3-8-20(21)22)30(27(33)26(23)32)17-7-5-6-16(28)13-17/h3-14,24,29,31H,1-2H3/b25-23+. The van der Waals surface area contributed by atoms with Gasteiger partial charge >= 0.3 is 0 Å². The van der Waals surface area contributed by atoms with Gasteiger partial charge in [0.15, 0.2) is 0 Å². The number of anilines is 1. The molecule has 34 heavy (non-hydrogen) atoms. The molecule has 1 saturated heterocycles. The van der Waals surface area contributed by atoms with E-state index in [9.17, 15) is 19.1 Å². The second-order valence-electron chi connectivity index (χ2n) is 8.12. The number of carbonyl (C=O) groups excluding carboxylic acids is 2. The summed E-state index contributed by atoms with van der Waals surface area (Å²) in [5.74, 6) is -1.92. The number of ketones is 1. The van der Waals surface area contributed by atoms with Gasteiger partial charge in [-0.05, 0) is 55.0 Å². The van der Waals surface area contributed by atoms with Gasteiger partial charge in [-0.1, -0.05) is 24.3 Å². The van der Waals surface area contributed by atoms with E-state index in [0.29, 0.717) is 22.4 Å². The van der Waals surface area contributed by atoms with Crippen molar-refractivity contribution in [2.75, 3.05) is 12.0 Å². The molecule has 170 valence electrons. The van der Waals surface area contributed by atoms with Crippen LogP contribution < -0.4 is 9.64 Å². The number of ether oxygens (including phenoxy) is 1. The molecule has 0 bridgehead atoms. The summed E-state index contributed by atoms with van der Waals surface area (Å²) < 4.78 is 19.4. The van der Waals surface area contributed by atoms with Crippen molar-refractivity contribution in [1.82, 2.24) is 4.98 Å². The van der Waals surface area contributed by atoms with Gasteiger partial charge in [-0.2, -0.15) is 0 Å². The summed E-state index contributed by atoms with van der Waals surface area (Å²) in [4.78, 5) is 31.0. The number of hydrogen-bond acceptors (Lipinski definition) is 4. The number of nitrogens with one attached hydrogen (secondary N) is 1. The van der Waals surface area contributed by atoms with Gasteiger partial charge in [0.1, 0.15) is 17.3 Å². The van der Waals surface area contributed by atoms with E-state index in [0.717, 1.165) is 10.9 Å². The molecule has 0 radical (unpaired) electrons. The van der Waals surface area contributed by atoms with E-state index in [1.54, 1.807) is 37.4 Å². The number of nitrogens with zero attached hydrogens (tertiary/aromatic N) is 1. The number of aromatic amines is 1. The van der Waals surface area contributed by atoms with Crippen LogP contribution in [-0.2, 0) is 9.59 Å². The predicted molar refractivity (Wildman–Crippen MR) is 127 cm³/mol. The molecule has 7 heteroatoms. The average molecular weight is 456 g/mol. The first-order valence-electron chi connectivity index (χ1n) is 10.7. The first-order chi connectivity index (χ1) is 16.4. The third-order valence-electron chi connectivity index (χ3n) is 6.14. The number of carbonyl (C=O) groups is 2. The summed E-state index contributed by atoms with van der Waals surface area (Å²) in [7, 11) is 1.54. The Morgan fingerprint density at radius 1 is 1.06 bits per heavy atom. The van der Waals surface area contributed by atoms with Gasteiger partial charge in [0, 0.05) is 33.9 Å². The molecular formula is C27H21FN2O4. The molecule has 1 amide bonds. The molecule has 1 atom stereocenters. The molecule has 4 aromatic rings. The smallest absolute Gasteiger partial charge is 0.300 e. The van der Waals surface area contributed by atoms with Crippen molar-refractivity contribution in [3.63, 3.8) is 0 Å². The van der Waals surface area contributed by atoms with Gasteiger partial charge in [0.25, 0.3) is 11.7 Å². The molecular weight excluding hydrogens is 435 g/mol. The van der Waals surface area contributed by atoms with Crippen LogP contribution in [-0.4, -0.2) is 28.9 Å². The Morgan fingerprint density at radius 2 is 1.85 bits per heavy atom. The molecule has 5 rings (SSSR count). The van der Waals surface area contributed by atoms with Gasteiger partial charge < -0.3 is 14.8 Å². The molecule has 0 aliphatic carbocycles. The number of rotatable bonds is 4. The lowest BCUT2D eigenvalue weighted by Gasteiger charge is -2.25. The highest BCUT2D eigenvalue weighted by molar-refractivity contribution is 6.51. The zero-order chi connectivity index (χ0) is 24.0. The van der Waals surface area contributed by atoms with E-state index in [1.165, 1.54) is 30.2 Å². The van der Waals surface area contributed by atoms with Crippen LogP contribution in [0.25, 0.3) is 16.7 Å². The molecule has 0 spiro atoms. The third kappa shape index (κ3) is 3.33. The number of aromatic nitrogens is 1. The van der Waals surface area contributed by atoms with E-state index in [4.69, 9.17) is 4.74 Å². The zero-order valence-electron chi connectivity index (χ0n) is 18.5. The summed E-state index contributed by atoms with van der Waals surface area (Å²) in [5.41, 5.74) is 2.67. The highest BCUT2D eigenvalue weighted by Crippen LogP contribution is 2.44. The van der Waals surface area contributed by atoms with Gasteiger partial charge in [-0.3, -0.25) is 14.5 Å². The van der Waals surface area contributed by atoms with Crippen LogP contribution in [0.15, 0.2) is 78.5 Å². The second kappa shape index (κ2) is 8.19. The van der Waals surface area contributed by atoms with Crippen LogP contribution in [0.2, 0.25) is 0 Å². The fraction of sp³-hybridized carbons (Fsp3) is 0.111. The first-order valence-corrected chi connectivity index (χ1v) is 10.7. The summed E-state index contributed by atoms with van der Waals surface area (Å²) >= 11 is 0. The number of fused-ring (bicyclic) bond motifs is 1. The third-order valence-corrected chi connectivity index (χ3v) is 6.14. The number of amides is 1. The normalized spacial score (nSPS) is 17.5. The molecule has 1 unspecified atom stereocenters. The summed E-state index contributed by atoms with van der Waals surface area (Å²) in [6.07, 6.45) is 1.71. The molecule has 0 saturated carbocycles. The average Bonchev–Trinajstić information content (AvgIpc) is 3.37. The summed E-state index contributed by atoms with van der Waals surface area (Å²) in [5, 5.41) is 12.2. The number of aryl methyl sites for hydroxylation is 1. The number of methoxy groups -OCH3 is 1. The fourth-order valence-electron chi connectivity index (χ4n) is 4.51. The Morgan fingerprint density at radius 3 is 2.59 bits per heavy atom. The molecule has 2 heterocycles. The molecule has 1 aliphatic heterocycles. The van der Waals surface area contributed by atoms with Crippen LogP contribution >= 0.6 is 0 Å². The number of benzene rings is 3. The number of halogens is 1. The van der Waals surface area contributed by atoms with Crippen molar-refractivity contribution in [1.29, 1.82) is 0 Å². The quantitative estimate of drug-likeness (QED) is 0.250. The molecule has 1 aromatic heterocycles. The number of H-pyrrole nitrogens is 1. The minimum atomic E-state index is -0.959. The van der Waals surface area contributed by atoms with Crippen LogP contribution in [0, 0.1) is 12.7 Å². The van der Waals surface area contributed by atoms with Crippen LogP contribution in [0.1, 0.15) is 22.7 Å². The maximum atomic E-state index is 14.1. The second-order valence-corrected chi connectivity index (χ2v) is 8.12. The van der Waals surface area contributed by atoms with Crippen molar-refractivity contribution in [3.05, 3.63) is 101 Å². The maximum Gasteiger partial charge on any atom is 0.300 e. The van der Waals surface area contributed by atoms with Gasteiger partial charge in [0.2, 0.25) is 0 Å². The molecule has 1 fully saturated rings. The number of aliphatic hydroxyl groups is 1. The number of hydrogen-bond donors (Lipinski definition) is 2. The SMILES string of the molecule is COc1ccc(/C(O)=C2\C(=O)C(=O)N(c3cccc(F)c3)C2c2c[nH]c3ccccc23)c(C)c1. The lowest BCUT2D eigenvalue weighted by molar-refractivity contribution is -0.132. The van der Waals surface area contributed by atoms with E-state index in [2.05, 4.69) is 4.98 Å². The van der Waals surface area contributed by atoms with Crippen molar-refractivity contribution >= 4 is 34.0 Å². The van der Waals surface area contributed by atoms with Crippen molar-refractivity contribution in [2.45, 2.75) is 13.0 Å². The van der Waals surface area contributed by atoms with Crippen LogP contribution in [0.3, 0.4) is 0 Å². The maximum absolute atomic E-state index is 14.1. The fourth-order valence-corrected chi connectivity index (χ4v) is 4.51. The largest absolute Gasteiger partial charge is 0.507 e. The van der Waals surface area contributed by atoms with E-state index < -0.39 is 23.5 Å². The first kappa shape index (κ1) is 21.5. The predicted octanol–water partition coefficient (Wildman–Crippen LogP) is 5.25. The van der Waals surface area contributed by atoms with Crippen molar-refractivity contribution < 1.29 is 23.8 Å². The Hall–Kier alpha value is -4.39. The van der Waals surface area contributed by atoms with Crippen molar-refractivity contribution in [3.8, 4) is 5.75 Å². The molecule has 3 aromatic carbocycles. The number of aliphatic hydroxyl groups excluding tert-OH is 1. The summed E-state index contributed by atoms with van der Waals surface area (Å²) in [6.45, 7) is 1.78. The lowest BCUT2D eigenvalue weighted by atomic mass is 9.93. The van der Waals surface area contributed by atoms with Crippen molar-refractivity contribution in [2.24, 2.45) is 0 Å². The minimum Gasteiger partial charge on any atom is -0.507 e. The highest BCUT2D eigenvalue weighted by Gasteiger charge is 2.47. The van der Waals surface area contributed by atoms with Gasteiger partial charge in [-0.25, -0.2) is 4.39 Å². The zero-order valence-corrected chi connectivity index (χ0v) is 18.5. The van der Waals surface area contributed by atoms with Gasteiger partial charge in [-0.15, -0.1) is 0 Å². The molecule has 6 nitrogen and oxygen atoms in total. The highest BCUT2D eigenvalue weighted by atomic mass is 19.1. The summed E-state index contributed by atoms with van der Waals surface area (Å²) in [6, 6.07) is 17.1. The Kier molecular flexibility index (Phi) is 5.17. The molecule has 1 aliphatic rings. The monoisotopic (exact) mass is 456 g/mol. The van der Waals surface area contributed by atoms with Gasteiger partial charge in [0.05, 0.1) is 18.7 Å². The van der Waals surface area contributed by atoms with E-state index in [-0.39, 0.29) is 17.0 Å². The number of para-hydroxylation sites is 1. The van der Waals surface area contributed by atoms with Crippen LogP contribution in [0.4, 0.5) is 10.1 Å². The topological polar surface area (TPSA) is 82.6 Å². The Balaban J connectivity index is 1.78. The van der Waals surface area contributed by atoms with Crippen LogP contribution in [0.5, 0.6) is 5.75 Å². The Labute approximate surface area is 194 Å². The Bertz CT molecular complexity index is 1490. The minimum absolute atomic E-state index is 0.0627. The number of Topliss-reactive ketones (excluding diaryl/α,β-unsaturated/α-hetero) is 1. The molecule has 2 N–H and O–H groups in total. The lowest BCUT2D eigenvalue weighted by Crippen LogP contribution is -2.29. The van der Waals surface area contributed by atoms with E-state index in [1.807, 2.05) is 24.3 Å². The van der Waals surface area contributed by atoms with E-state index >= 15 is 0 Å².